The first kappa shape index (κ1) is 17.9. The fraction of sp³-hybridized carbons (Fsp3) is 0.429. The van der Waals surface area contributed by atoms with E-state index in [-0.39, 0.29) is 11.4 Å². The second kappa shape index (κ2) is 6.93. The van der Waals surface area contributed by atoms with Gasteiger partial charge in [-0.05, 0) is 51.0 Å². The van der Waals surface area contributed by atoms with Crippen LogP contribution in [0.5, 0.6) is 0 Å². The second-order valence-corrected chi connectivity index (χ2v) is 8.22. The van der Waals surface area contributed by atoms with Crippen LogP contribution in [0.2, 0.25) is 0 Å². The van der Waals surface area contributed by atoms with Crippen LogP contribution in [0.4, 0.5) is 4.39 Å². The zero-order valence-corrected chi connectivity index (χ0v) is 16.2. The fourth-order valence-corrected chi connectivity index (χ4v) is 3.45. The van der Waals surface area contributed by atoms with Crippen LogP contribution in [0.25, 0.3) is 16.6 Å². The van der Waals surface area contributed by atoms with Crippen LogP contribution in [-0.4, -0.2) is 44.3 Å². The van der Waals surface area contributed by atoms with Crippen LogP contribution in [-0.2, 0) is 12.0 Å². The molecule has 1 aliphatic heterocycles. The molecule has 0 spiro atoms. The van der Waals surface area contributed by atoms with Gasteiger partial charge in [0.2, 0.25) is 0 Å². The molecule has 2 aromatic heterocycles. The molecule has 0 amide bonds. The summed E-state index contributed by atoms with van der Waals surface area (Å²) in [6, 6.07) is 4.67. The summed E-state index contributed by atoms with van der Waals surface area (Å²) in [7, 11) is 0. The number of aromatic amines is 1. The lowest BCUT2D eigenvalue weighted by atomic mass is 10.0. The summed E-state index contributed by atoms with van der Waals surface area (Å²) in [6.07, 6.45) is 8.29. The molecule has 0 radical (unpaired) electrons. The van der Waals surface area contributed by atoms with Gasteiger partial charge in [0.05, 0.1) is 22.8 Å². The first-order valence-electron chi connectivity index (χ1n) is 9.49. The van der Waals surface area contributed by atoms with Crippen molar-refractivity contribution in [1.82, 2.24) is 24.6 Å². The number of nitrogens with one attached hydrogen (secondary N) is 1. The molecule has 0 aliphatic carbocycles. The molecule has 5 nitrogen and oxygen atoms in total. The third-order valence-corrected chi connectivity index (χ3v) is 5.09. The smallest absolute Gasteiger partial charge is 0.125 e. The van der Waals surface area contributed by atoms with Crippen molar-refractivity contribution >= 4 is 16.6 Å². The van der Waals surface area contributed by atoms with Crippen LogP contribution in [0.3, 0.4) is 0 Å². The average molecular weight is 367 g/mol. The summed E-state index contributed by atoms with van der Waals surface area (Å²) in [5.41, 5.74) is 4.20. The number of hydrogen-bond acceptors (Lipinski definition) is 3. The van der Waals surface area contributed by atoms with E-state index in [1.54, 1.807) is 6.07 Å². The van der Waals surface area contributed by atoms with E-state index in [9.17, 15) is 4.39 Å². The predicted octanol–water partition coefficient (Wildman–Crippen LogP) is 3.99. The van der Waals surface area contributed by atoms with Crippen LogP contribution in [0.15, 0.2) is 36.7 Å². The number of rotatable bonds is 4. The number of imidazole rings is 1. The number of fused-ring (bicyclic) bond motifs is 1. The third-order valence-electron chi connectivity index (χ3n) is 5.09. The van der Waals surface area contributed by atoms with Crippen molar-refractivity contribution in [3.05, 3.63) is 53.9 Å². The quantitative estimate of drug-likeness (QED) is 0.759. The van der Waals surface area contributed by atoms with Gasteiger partial charge in [0.25, 0.3) is 0 Å². The second-order valence-electron chi connectivity index (χ2n) is 8.22. The number of hydrogen-bond donors (Lipinski definition) is 1. The van der Waals surface area contributed by atoms with E-state index >= 15 is 0 Å². The highest BCUT2D eigenvalue weighted by atomic mass is 19.1. The zero-order chi connectivity index (χ0) is 19.0. The molecule has 1 aromatic carbocycles. The van der Waals surface area contributed by atoms with Crippen LogP contribution >= 0.6 is 0 Å². The summed E-state index contributed by atoms with van der Waals surface area (Å²) in [5, 5.41) is 4.51. The predicted molar refractivity (Wildman–Crippen MR) is 106 cm³/mol. The molecule has 0 unspecified atom stereocenters. The van der Waals surface area contributed by atoms with Crippen molar-refractivity contribution in [2.45, 2.75) is 39.2 Å². The molecule has 3 aromatic rings. The van der Waals surface area contributed by atoms with Crippen molar-refractivity contribution in [3.63, 3.8) is 0 Å². The molecular weight excluding hydrogens is 341 g/mol. The van der Waals surface area contributed by atoms with Crippen molar-refractivity contribution < 1.29 is 4.39 Å². The molecule has 27 heavy (non-hydrogen) atoms. The Kier molecular flexibility index (Phi) is 4.60. The van der Waals surface area contributed by atoms with Crippen LogP contribution in [0, 0.1) is 5.82 Å². The van der Waals surface area contributed by atoms with Crippen molar-refractivity contribution in [2.75, 3.05) is 19.6 Å². The highest BCUT2D eigenvalue weighted by Crippen LogP contribution is 2.24. The summed E-state index contributed by atoms with van der Waals surface area (Å²) >= 11 is 0. The molecule has 0 saturated heterocycles. The Morgan fingerprint density at radius 3 is 2.81 bits per heavy atom. The lowest BCUT2D eigenvalue weighted by Gasteiger charge is -2.25. The van der Waals surface area contributed by atoms with E-state index in [0.29, 0.717) is 0 Å². The molecular formula is C21H26FN5. The van der Waals surface area contributed by atoms with E-state index in [0.717, 1.165) is 49.3 Å². The number of benzene rings is 1. The molecule has 1 N–H and O–H groups in total. The van der Waals surface area contributed by atoms with Gasteiger partial charge in [-0.15, -0.1) is 0 Å². The lowest BCUT2D eigenvalue weighted by Crippen LogP contribution is -2.30. The highest BCUT2D eigenvalue weighted by molar-refractivity contribution is 5.74. The zero-order valence-electron chi connectivity index (χ0n) is 16.2. The summed E-state index contributed by atoms with van der Waals surface area (Å²) in [6.45, 7) is 9.38. The maximum atomic E-state index is 13.3. The van der Waals surface area contributed by atoms with E-state index in [2.05, 4.69) is 53.0 Å². The van der Waals surface area contributed by atoms with Gasteiger partial charge in [0.15, 0.2) is 0 Å². The summed E-state index contributed by atoms with van der Waals surface area (Å²) in [4.78, 5) is 10.2. The Labute approximate surface area is 158 Å². The SMILES string of the molecule is CC(C)(C)n1cc(C2=CCN(CCc3nc4ccc(F)cc4[nH]3)CC2)cn1. The fourth-order valence-electron chi connectivity index (χ4n) is 3.45. The van der Waals surface area contributed by atoms with Crippen LogP contribution in [0.1, 0.15) is 38.6 Å². The Morgan fingerprint density at radius 1 is 1.26 bits per heavy atom. The Bertz CT molecular complexity index is 976. The van der Waals surface area contributed by atoms with Crippen molar-refractivity contribution in [2.24, 2.45) is 0 Å². The van der Waals surface area contributed by atoms with E-state index in [4.69, 9.17) is 0 Å². The van der Waals surface area contributed by atoms with Crippen molar-refractivity contribution in [1.29, 1.82) is 0 Å². The van der Waals surface area contributed by atoms with Gasteiger partial charge in [0.1, 0.15) is 11.6 Å². The molecule has 0 bridgehead atoms. The first-order chi connectivity index (χ1) is 12.9. The van der Waals surface area contributed by atoms with E-state index < -0.39 is 0 Å². The van der Waals surface area contributed by atoms with Gasteiger partial charge in [0, 0.05) is 37.8 Å². The average Bonchev–Trinajstić information content (AvgIpc) is 3.26. The Hall–Kier alpha value is -2.47. The first-order valence-corrected chi connectivity index (χ1v) is 9.49. The normalized spacial score (nSPS) is 16.1. The Balaban J connectivity index is 1.36. The monoisotopic (exact) mass is 367 g/mol. The number of halogens is 1. The minimum Gasteiger partial charge on any atom is -0.342 e. The molecule has 4 rings (SSSR count). The van der Waals surface area contributed by atoms with E-state index in [1.165, 1.54) is 23.3 Å². The van der Waals surface area contributed by atoms with Gasteiger partial charge in [-0.3, -0.25) is 9.58 Å². The van der Waals surface area contributed by atoms with Gasteiger partial charge >= 0.3 is 0 Å². The van der Waals surface area contributed by atoms with Gasteiger partial charge in [-0.2, -0.15) is 5.10 Å². The molecule has 3 heterocycles. The third kappa shape index (κ3) is 3.95. The minimum absolute atomic E-state index is 0.00894. The van der Waals surface area contributed by atoms with Gasteiger partial charge < -0.3 is 4.98 Å². The molecule has 142 valence electrons. The van der Waals surface area contributed by atoms with Gasteiger partial charge in [-0.25, -0.2) is 9.37 Å². The molecule has 0 atom stereocenters. The number of nitrogens with zero attached hydrogens (tertiary/aromatic N) is 4. The molecule has 0 fully saturated rings. The maximum absolute atomic E-state index is 13.3. The Morgan fingerprint density at radius 2 is 2.11 bits per heavy atom. The lowest BCUT2D eigenvalue weighted by molar-refractivity contribution is 0.304. The minimum atomic E-state index is -0.235. The summed E-state index contributed by atoms with van der Waals surface area (Å²) in [5.74, 6) is 0.679. The highest BCUT2D eigenvalue weighted by Gasteiger charge is 2.18. The molecule has 0 saturated carbocycles. The largest absolute Gasteiger partial charge is 0.342 e. The molecule has 6 heteroatoms. The topological polar surface area (TPSA) is 49.7 Å². The van der Waals surface area contributed by atoms with Crippen molar-refractivity contribution in [3.8, 4) is 0 Å². The number of aromatic nitrogens is 4. The van der Waals surface area contributed by atoms with E-state index in [1.807, 2.05) is 10.9 Å². The van der Waals surface area contributed by atoms with Crippen LogP contribution < -0.4 is 0 Å². The maximum Gasteiger partial charge on any atom is 0.125 e. The van der Waals surface area contributed by atoms with Gasteiger partial charge in [-0.1, -0.05) is 6.08 Å². The summed E-state index contributed by atoms with van der Waals surface area (Å²) < 4.78 is 15.3. The standard InChI is InChI=1S/C21H26FN5/c1-21(2,3)27-14-16(13-23-27)15-6-9-26(10-7-15)11-8-20-24-18-5-4-17(22)12-19(18)25-20/h4-6,12-14H,7-11H2,1-3H3,(H,24,25). The number of H-pyrrole nitrogens is 1. The molecule has 1 aliphatic rings.